The average Bonchev–Trinajstić information content (AvgIpc) is 2.55. The summed E-state index contributed by atoms with van der Waals surface area (Å²) in [5.41, 5.74) is 1.89. The standard InChI is InChI=1S/C19H21NO/c1-2-3-4-11-16-21-19(17-12-7-5-8-13-17)20-18-14-9-6-10-15-18/h4-15H,2-3,16H2,1H3/b11-4+,20-19?. The van der Waals surface area contributed by atoms with E-state index in [0.717, 1.165) is 24.1 Å². The first kappa shape index (κ1) is 15.0. The molecule has 2 aromatic carbocycles. The summed E-state index contributed by atoms with van der Waals surface area (Å²) in [5, 5.41) is 0. The molecule has 0 unspecified atom stereocenters. The lowest BCUT2D eigenvalue weighted by Crippen LogP contribution is -2.06. The number of allylic oxidation sites excluding steroid dienone is 1. The maximum Gasteiger partial charge on any atom is 0.221 e. The summed E-state index contributed by atoms with van der Waals surface area (Å²) < 4.78 is 5.84. The van der Waals surface area contributed by atoms with E-state index in [9.17, 15) is 0 Å². The minimum absolute atomic E-state index is 0.542. The second-order valence-corrected chi connectivity index (χ2v) is 4.69. The predicted molar refractivity (Wildman–Crippen MR) is 89.1 cm³/mol. The van der Waals surface area contributed by atoms with Gasteiger partial charge in [0, 0.05) is 5.56 Å². The number of aliphatic imine (C=N–C) groups is 1. The molecule has 2 rings (SSSR count). The van der Waals surface area contributed by atoms with Gasteiger partial charge in [-0.05, 0) is 30.7 Å². The highest BCUT2D eigenvalue weighted by molar-refractivity contribution is 5.95. The van der Waals surface area contributed by atoms with Gasteiger partial charge in [0.2, 0.25) is 5.90 Å². The average molecular weight is 279 g/mol. The van der Waals surface area contributed by atoms with Gasteiger partial charge >= 0.3 is 0 Å². The maximum absolute atomic E-state index is 5.84. The molecular formula is C19H21NO. The summed E-state index contributed by atoms with van der Waals surface area (Å²) in [4.78, 5) is 4.61. The molecule has 0 saturated carbocycles. The molecule has 0 fully saturated rings. The van der Waals surface area contributed by atoms with E-state index >= 15 is 0 Å². The fourth-order valence-corrected chi connectivity index (χ4v) is 1.86. The largest absolute Gasteiger partial charge is 0.473 e. The van der Waals surface area contributed by atoms with Crippen molar-refractivity contribution in [2.24, 2.45) is 4.99 Å². The molecule has 0 aromatic heterocycles. The van der Waals surface area contributed by atoms with E-state index in [1.165, 1.54) is 0 Å². The summed E-state index contributed by atoms with van der Waals surface area (Å²) in [6.45, 7) is 2.71. The number of hydrogen-bond acceptors (Lipinski definition) is 2. The van der Waals surface area contributed by atoms with Gasteiger partial charge in [-0.25, -0.2) is 4.99 Å². The van der Waals surface area contributed by atoms with Gasteiger partial charge in [0.25, 0.3) is 0 Å². The van der Waals surface area contributed by atoms with E-state index < -0.39 is 0 Å². The van der Waals surface area contributed by atoms with Crippen LogP contribution >= 0.6 is 0 Å². The van der Waals surface area contributed by atoms with Gasteiger partial charge in [-0.1, -0.05) is 61.9 Å². The number of hydrogen-bond donors (Lipinski definition) is 0. The van der Waals surface area contributed by atoms with Crippen molar-refractivity contribution in [3.63, 3.8) is 0 Å². The van der Waals surface area contributed by atoms with Crippen molar-refractivity contribution in [2.45, 2.75) is 19.8 Å². The van der Waals surface area contributed by atoms with E-state index in [0.29, 0.717) is 12.5 Å². The molecule has 108 valence electrons. The fourth-order valence-electron chi connectivity index (χ4n) is 1.86. The van der Waals surface area contributed by atoms with Crippen LogP contribution in [0.4, 0.5) is 5.69 Å². The molecule has 0 aliphatic rings. The van der Waals surface area contributed by atoms with Crippen molar-refractivity contribution in [3.8, 4) is 0 Å². The molecule has 0 bridgehead atoms. The molecule has 0 atom stereocenters. The van der Waals surface area contributed by atoms with Crippen molar-refractivity contribution in [1.29, 1.82) is 0 Å². The molecule has 2 aromatic rings. The van der Waals surface area contributed by atoms with E-state index in [2.05, 4.69) is 18.0 Å². The van der Waals surface area contributed by atoms with Gasteiger partial charge in [0.1, 0.15) is 6.61 Å². The molecule has 0 N–H and O–H groups in total. The molecule has 0 amide bonds. The van der Waals surface area contributed by atoms with Crippen LogP contribution in [-0.4, -0.2) is 12.5 Å². The van der Waals surface area contributed by atoms with Crippen LogP contribution in [0, 0.1) is 0 Å². The van der Waals surface area contributed by atoms with Crippen molar-refractivity contribution in [1.82, 2.24) is 0 Å². The zero-order valence-corrected chi connectivity index (χ0v) is 12.4. The molecule has 2 nitrogen and oxygen atoms in total. The second-order valence-electron chi connectivity index (χ2n) is 4.69. The van der Waals surface area contributed by atoms with Crippen LogP contribution in [0.3, 0.4) is 0 Å². The van der Waals surface area contributed by atoms with E-state index in [1.54, 1.807) is 0 Å². The molecule has 0 aliphatic heterocycles. The molecular weight excluding hydrogens is 258 g/mol. The Hall–Kier alpha value is -2.35. The molecule has 0 saturated heterocycles. The Bertz CT molecular complexity index is 573. The number of rotatable bonds is 6. The normalized spacial score (nSPS) is 11.8. The van der Waals surface area contributed by atoms with E-state index in [1.807, 2.05) is 66.7 Å². The zero-order valence-electron chi connectivity index (χ0n) is 12.4. The first-order valence-electron chi connectivity index (χ1n) is 7.37. The Balaban J connectivity index is 2.13. The zero-order chi connectivity index (χ0) is 14.8. The lowest BCUT2D eigenvalue weighted by Gasteiger charge is -2.08. The molecule has 0 radical (unpaired) electrons. The number of para-hydroxylation sites is 1. The van der Waals surface area contributed by atoms with Crippen molar-refractivity contribution in [3.05, 3.63) is 78.4 Å². The summed E-state index contributed by atoms with van der Waals surface area (Å²) in [6, 6.07) is 19.9. The number of nitrogens with zero attached hydrogens (tertiary/aromatic N) is 1. The van der Waals surface area contributed by atoms with Crippen LogP contribution < -0.4 is 0 Å². The van der Waals surface area contributed by atoms with Gasteiger partial charge in [-0.15, -0.1) is 0 Å². The first-order valence-corrected chi connectivity index (χ1v) is 7.37. The summed E-state index contributed by atoms with van der Waals surface area (Å²) in [7, 11) is 0. The lowest BCUT2D eigenvalue weighted by atomic mass is 10.2. The Kier molecular flexibility index (Phi) is 6.27. The highest BCUT2D eigenvalue weighted by atomic mass is 16.5. The number of benzene rings is 2. The highest BCUT2D eigenvalue weighted by Gasteiger charge is 2.03. The Morgan fingerprint density at radius 1 is 0.952 bits per heavy atom. The molecule has 0 aliphatic carbocycles. The number of unbranched alkanes of at least 4 members (excludes halogenated alkanes) is 1. The van der Waals surface area contributed by atoms with Crippen LogP contribution in [0.5, 0.6) is 0 Å². The smallest absolute Gasteiger partial charge is 0.221 e. The third-order valence-corrected chi connectivity index (χ3v) is 2.95. The summed E-state index contributed by atoms with van der Waals surface area (Å²) in [5.74, 6) is 0.656. The predicted octanol–water partition coefficient (Wildman–Crippen LogP) is 5.14. The Morgan fingerprint density at radius 3 is 2.29 bits per heavy atom. The SMILES string of the molecule is CCC/C=C/COC(=Nc1ccccc1)c1ccccc1. The maximum atomic E-state index is 5.84. The van der Waals surface area contributed by atoms with E-state index in [4.69, 9.17) is 4.74 Å². The fraction of sp³-hybridized carbons (Fsp3) is 0.211. The van der Waals surface area contributed by atoms with Gasteiger partial charge in [-0.2, -0.15) is 0 Å². The molecule has 0 spiro atoms. The Labute approximate surface area is 126 Å². The van der Waals surface area contributed by atoms with Crippen LogP contribution in [0.25, 0.3) is 0 Å². The number of ether oxygens (including phenoxy) is 1. The third-order valence-electron chi connectivity index (χ3n) is 2.95. The highest BCUT2D eigenvalue weighted by Crippen LogP contribution is 2.14. The first-order chi connectivity index (χ1) is 10.4. The molecule has 2 heteroatoms. The van der Waals surface area contributed by atoms with Gasteiger partial charge in [0.15, 0.2) is 0 Å². The minimum atomic E-state index is 0.542. The van der Waals surface area contributed by atoms with Crippen molar-refractivity contribution < 1.29 is 4.74 Å². The second kappa shape index (κ2) is 8.75. The van der Waals surface area contributed by atoms with Gasteiger partial charge in [0.05, 0.1) is 5.69 Å². The van der Waals surface area contributed by atoms with Gasteiger partial charge < -0.3 is 4.74 Å². The van der Waals surface area contributed by atoms with E-state index in [-0.39, 0.29) is 0 Å². The van der Waals surface area contributed by atoms with Crippen LogP contribution in [0.15, 0.2) is 77.8 Å². The third kappa shape index (κ3) is 5.27. The minimum Gasteiger partial charge on any atom is -0.473 e. The summed E-state index contributed by atoms with van der Waals surface area (Å²) in [6.07, 6.45) is 6.43. The quantitative estimate of drug-likeness (QED) is 0.407. The summed E-state index contributed by atoms with van der Waals surface area (Å²) >= 11 is 0. The van der Waals surface area contributed by atoms with Crippen molar-refractivity contribution >= 4 is 11.6 Å². The topological polar surface area (TPSA) is 21.6 Å². The van der Waals surface area contributed by atoms with Crippen LogP contribution in [0.2, 0.25) is 0 Å². The van der Waals surface area contributed by atoms with Gasteiger partial charge in [-0.3, -0.25) is 0 Å². The molecule has 21 heavy (non-hydrogen) atoms. The van der Waals surface area contributed by atoms with Crippen LogP contribution in [0.1, 0.15) is 25.3 Å². The lowest BCUT2D eigenvalue weighted by molar-refractivity contribution is 0.351. The molecule has 0 heterocycles. The Morgan fingerprint density at radius 2 is 1.62 bits per heavy atom. The van der Waals surface area contributed by atoms with Crippen LogP contribution in [-0.2, 0) is 4.74 Å². The van der Waals surface area contributed by atoms with Crippen molar-refractivity contribution in [2.75, 3.05) is 6.61 Å². The monoisotopic (exact) mass is 279 g/mol.